The first kappa shape index (κ1) is 15.4. The van der Waals surface area contributed by atoms with Gasteiger partial charge in [-0.25, -0.2) is 4.79 Å². The summed E-state index contributed by atoms with van der Waals surface area (Å²) in [6.07, 6.45) is 0.628. The maximum Gasteiger partial charge on any atom is 0.326 e. The molecule has 1 aliphatic rings. The quantitative estimate of drug-likeness (QED) is 0.692. The zero-order valence-corrected chi connectivity index (χ0v) is 10.9. The van der Waals surface area contributed by atoms with E-state index >= 15 is 0 Å². The van der Waals surface area contributed by atoms with Gasteiger partial charge in [-0.2, -0.15) is 0 Å². The molecule has 7 nitrogen and oxygen atoms in total. The van der Waals surface area contributed by atoms with E-state index in [-0.39, 0.29) is 19.4 Å². The van der Waals surface area contributed by atoms with Crippen molar-refractivity contribution in [3.63, 3.8) is 0 Å². The Morgan fingerprint density at radius 1 is 1.37 bits per heavy atom. The summed E-state index contributed by atoms with van der Waals surface area (Å²) < 4.78 is 5.25. The molecule has 0 radical (unpaired) electrons. The molecule has 1 aliphatic heterocycles. The smallest absolute Gasteiger partial charge is 0.326 e. The zero-order valence-electron chi connectivity index (χ0n) is 10.9. The van der Waals surface area contributed by atoms with Gasteiger partial charge in [-0.1, -0.05) is 6.92 Å². The number of aliphatic carboxylic acids is 2. The second kappa shape index (κ2) is 7.08. The molecule has 0 aromatic heterocycles. The number of carbonyl (C=O) groups is 3. The second-order valence-corrected chi connectivity index (χ2v) is 4.44. The van der Waals surface area contributed by atoms with E-state index in [1.165, 1.54) is 0 Å². The van der Waals surface area contributed by atoms with Crippen LogP contribution in [0.2, 0.25) is 0 Å². The number of hydrogen-bond acceptors (Lipinski definition) is 4. The molecule has 1 rings (SSSR count). The molecule has 2 atom stereocenters. The van der Waals surface area contributed by atoms with Crippen molar-refractivity contribution in [3.8, 4) is 0 Å². The Morgan fingerprint density at radius 2 is 2.05 bits per heavy atom. The normalized spacial score (nSPS) is 19.9. The lowest BCUT2D eigenvalue weighted by atomic mass is 10.1. The first-order valence-electron chi connectivity index (χ1n) is 6.34. The van der Waals surface area contributed by atoms with Gasteiger partial charge in [0.15, 0.2) is 0 Å². The summed E-state index contributed by atoms with van der Waals surface area (Å²) in [5.41, 5.74) is 0. The molecule has 2 N–H and O–H groups in total. The van der Waals surface area contributed by atoms with Gasteiger partial charge in [-0.15, -0.1) is 0 Å². The molecule has 1 amide bonds. The molecule has 0 aromatic carbocycles. The van der Waals surface area contributed by atoms with Gasteiger partial charge in [0.1, 0.15) is 12.1 Å². The summed E-state index contributed by atoms with van der Waals surface area (Å²) in [5.74, 6) is -2.61. The van der Waals surface area contributed by atoms with Gasteiger partial charge in [0.2, 0.25) is 0 Å². The van der Waals surface area contributed by atoms with Crippen molar-refractivity contribution in [2.75, 3.05) is 13.2 Å². The van der Waals surface area contributed by atoms with Gasteiger partial charge >= 0.3 is 11.9 Å². The van der Waals surface area contributed by atoms with Crippen molar-refractivity contribution in [1.29, 1.82) is 0 Å². The summed E-state index contributed by atoms with van der Waals surface area (Å²) >= 11 is 0. The van der Waals surface area contributed by atoms with Gasteiger partial charge in [0.25, 0.3) is 5.91 Å². The van der Waals surface area contributed by atoms with Gasteiger partial charge in [0.05, 0.1) is 6.42 Å². The average molecular weight is 273 g/mol. The summed E-state index contributed by atoms with van der Waals surface area (Å²) in [5, 5.41) is 17.8. The molecular formula is C12H19NO6. The molecule has 0 bridgehead atoms. The zero-order chi connectivity index (χ0) is 14.4. The first-order chi connectivity index (χ1) is 8.97. The third-order valence-electron chi connectivity index (χ3n) is 3.10. The number of ether oxygens (including phenoxy) is 1. The highest BCUT2D eigenvalue weighted by Crippen LogP contribution is 2.17. The summed E-state index contributed by atoms with van der Waals surface area (Å²) in [6, 6.07) is -1.00. The van der Waals surface area contributed by atoms with E-state index < -0.39 is 30.0 Å². The van der Waals surface area contributed by atoms with Crippen LogP contribution in [0.3, 0.4) is 0 Å². The Kier molecular flexibility index (Phi) is 5.75. The monoisotopic (exact) mass is 273 g/mol. The van der Waals surface area contributed by atoms with E-state index in [0.29, 0.717) is 13.0 Å². The number of nitrogens with zero attached hydrogens (tertiary/aromatic N) is 1. The predicted molar refractivity (Wildman–Crippen MR) is 64.7 cm³/mol. The fraction of sp³-hybridized carbons (Fsp3) is 0.750. The first-order valence-corrected chi connectivity index (χ1v) is 6.34. The highest BCUT2D eigenvalue weighted by atomic mass is 16.5. The van der Waals surface area contributed by atoms with Crippen LogP contribution in [-0.4, -0.2) is 58.3 Å². The van der Waals surface area contributed by atoms with E-state index in [2.05, 4.69) is 0 Å². The van der Waals surface area contributed by atoms with E-state index in [1.807, 2.05) is 0 Å². The van der Waals surface area contributed by atoms with E-state index in [1.54, 1.807) is 6.92 Å². The van der Waals surface area contributed by atoms with Crippen LogP contribution < -0.4 is 0 Å². The van der Waals surface area contributed by atoms with Gasteiger partial charge in [-0.3, -0.25) is 9.59 Å². The van der Waals surface area contributed by atoms with Crippen LogP contribution in [0, 0.1) is 0 Å². The molecule has 7 heteroatoms. The third-order valence-corrected chi connectivity index (χ3v) is 3.10. The molecule has 1 fully saturated rings. The molecule has 0 spiro atoms. The van der Waals surface area contributed by atoms with E-state index in [9.17, 15) is 14.4 Å². The summed E-state index contributed by atoms with van der Waals surface area (Å²) in [7, 11) is 0. The van der Waals surface area contributed by atoms with Gasteiger partial charge in [0, 0.05) is 13.2 Å². The molecule has 1 saturated heterocycles. The topological polar surface area (TPSA) is 104 Å². The number of amides is 1. The molecule has 0 saturated carbocycles. The van der Waals surface area contributed by atoms with Crippen LogP contribution in [0.25, 0.3) is 0 Å². The van der Waals surface area contributed by atoms with Crippen LogP contribution >= 0.6 is 0 Å². The maximum atomic E-state index is 12.2. The summed E-state index contributed by atoms with van der Waals surface area (Å²) in [6.45, 7) is 2.02. The maximum absolute atomic E-state index is 12.2. The second-order valence-electron chi connectivity index (χ2n) is 4.44. The Bertz CT molecular complexity index is 350. The van der Waals surface area contributed by atoms with Crippen molar-refractivity contribution in [2.24, 2.45) is 0 Å². The van der Waals surface area contributed by atoms with Crippen molar-refractivity contribution in [1.82, 2.24) is 4.90 Å². The van der Waals surface area contributed by atoms with Crippen molar-refractivity contribution in [2.45, 2.75) is 44.8 Å². The SMILES string of the molecule is CCC(C(=O)O)N(CCC(=O)O)C(=O)C1CCCO1. The van der Waals surface area contributed by atoms with Gasteiger partial charge in [-0.05, 0) is 19.3 Å². The standard InChI is InChI=1S/C12H19NO6/c1-2-8(12(17)18)13(6-5-10(14)15)11(16)9-4-3-7-19-9/h8-9H,2-7H2,1H3,(H,14,15)(H,17,18). The highest BCUT2D eigenvalue weighted by Gasteiger charge is 2.34. The summed E-state index contributed by atoms with van der Waals surface area (Å²) in [4.78, 5) is 35.1. The van der Waals surface area contributed by atoms with Crippen molar-refractivity contribution < 1.29 is 29.3 Å². The highest BCUT2D eigenvalue weighted by molar-refractivity contribution is 5.87. The van der Waals surface area contributed by atoms with Crippen molar-refractivity contribution in [3.05, 3.63) is 0 Å². The average Bonchev–Trinajstić information content (AvgIpc) is 2.86. The number of carbonyl (C=O) groups excluding carboxylic acids is 1. The van der Waals surface area contributed by atoms with Crippen LogP contribution in [0.4, 0.5) is 0 Å². The molecule has 108 valence electrons. The van der Waals surface area contributed by atoms with Crippen LogP contribution in [0.1, 0.15) is 32.6 Å². The minimum atomic E-state index is -1.13. The fourth-order valence-electron chi connectivity index (χ4n) is 2.12. The number of hydrogen-bond donors (Lipinski definition) is 2. The van der Waals surface area contributed by atoms with Gasteiger partial charge < -0.3 is 19.8 Å². The van der Waals surface area contributed by atoms with Crippen molar-refractivity contribution >= 4 is 17.8 Å². The lowest BCUT2D eigenvalue weighted by Crippen LogP contribution is -2.49. The Labute approximate surface area is 111 Å². The number of carboxylic acids is 2. The van der Waals surface area contributed by atoms with Crippen LogP contribution in [0.15, 0.2) is 0 Å². The molecule has 1 heterocycles. The lowest BCUT2D eigenvalue weighted by molar-refractivity contribution is -0.155. The third kappa shape index (κ3) is 4.20. The largest absolute Gasteiger partial charge is 0.481 e. The molecule has 2 unspecified atom stereocenters. The van der Waals surface area contributed by atoms with Crippen LogP contribution in [0.5, 0.6) is 0 Å². The van der Waals surface area contributed by atoms with E-state index in [4.69, 9.17) is 14.9 Å². The molecule has 19 heavy (non-hydrogen) atoms. The Morgan fingerprint density at radius 3 is 2.47 bits per heavy atom. The molecule has 0 aliphatic carbocycles. The minimum absolute atomic E-state index is 0.112. The lowest BCUT2D eigenvalue weighted by Gasteiger charge is -2.29. The van der Waals surface area contributed by atoms with E-state index in [0.717, 1.165) is 11.3 Å². The Balaban J connectivity index is 2.79. The molecule has 0 aromatic rings. The molecular weight excluding hydrogens is 254 g/mol. The fourth-order valence-corrected chi connectivity index (χ4v) is 2.12. The Hall–Kier alpha value is -1.63. The predicted octanol–water partition coefficient (Wildman–Crippen LogP) is 0.332. The number of carboxylic acid groups (broad SMARTS) is 2. The number of rotatable bonds is 7. The van der Waals surface area contributed by atoms with Crippen LogP contribution in [-0.2, 0) is 19.1 Å². The minimum Gasteiger partial charge on any atom is -0.481 e.